The molecule has 0 bridgehead atoms. The van der Waals surface area contributed by atoms with Crippen LogP contribution >= 0.6 is 0 Å². The molecule has 5 heteroatoms. The quantitative estimate of drug-likeness (QED) is 0.805. The van der Waals surface area contributed by atoms with Crippen LogP contribution in [-0.2, 0) is 9.84 Å². The summed E-state index contributed by atoms with van der Waals surface area (Å²) in [6, 6.07) is 4.67. The van der Waals surface area contributed by atoms with E-state index in [-0.39, 0.29) is 4.90 Å². The number of benzene rings is 1. The highest BCUT2D eigenvalue weighted by molar-refractivity contribution is 7.92. The average Bonchev–Trinajstić information content (AvgIpc) is 2.18. The van der Waals surface area contributed by atoms with E-state index in [9.17, 15) is 12.8 Å². The lowest BCUT2D eigenvalue weighted by molar-refractivity contribution is 0.526. The lowest BCUT2D eigenvalue weighted by Crippen LogP contribution is -2.43. The Bertz CT molecular complexity index is 437. The van der Waals surface area contributed by atoms with Crippen molar-refractivity contribution >= 4 is 9.84 Å². The molecule has 0 aromatic heterocycles. The van der Waals surface area contributed by atoms with Crippen molar-refractivity contribution in [3.8, 4) is 0 Å². The van der Waals surface area contributed by atoms with E-state index in [0.29, 0.717) is 6.42 Å². The second-order valence-electron chi connectivity index (χ2n) is 3.62. The molecule has 1 aromatic rings. The predicted molar refractivity (Wildman–Crippen MR) is 56.5 cm³/mol. The Kier molecular flexibility index (Phi) is 3.16. The van der Waals surface area contributed by atoms with Crippen LogP contribution in [0.15, 0.2) is 29.2 Å². The molecule has 0 spiro atoms. The fourth-order valence-corrected chi connectivity index (χ4v) is 2.49. The summed E-state index contributed by atoms with van der Waals surface area (Å²) in [5.41, 5.74) is 5.68. The maximum atomic E-state index is 12.6. The zero-order valence-corrected chi connectivity index (χ0v) is 9.51. The molecule has 0 heterocycles. The van der Waals surface area contributed by atoms with Gasteiger partial charge in [-0.1, -0.05) is 6.92 Å². The molecule has 1 unspecified atom stereocenters. The van der Waals surface area contributed by atoms with E-state index in [1.54, 1.807) is 6.92 Å². The highest BCUT2D eigenvalue weighted by atomic mass is 32.2. The summed E-state index contributed by atoms with van der Waals surface area (Å²) < 4.78 is 36.5. The molecule has 0 saturated heterocycles. The Morgan fingerprint density at radius 2 is 1.80 bits per heavy atom. The standard InChI is InChI=1S/C10H14FNO2S/c1-3-10(2,12)15(13,14)9-6-4-8(11)5-7-9/h4-7H,3,12H2,1-2H3. The smallest absolute Gasteiger partial charge is 0.196 e. The van der Waals surface area contributed by atoms with Gasteiger partial charge in [-0.2, -0.15) is 0 Å². The largest absolute Gasteiger partial charge is 0.313 e. The van der Waals surface area contributed by atoms with Gasteiger partial charge < -0.3 is 5.73 Å². The molecule has 84 valence electrons. The Labute approximate surface area is 89.0 Å². The summed E-state index contributed by atoms with van der Waals surface area (Å²) in [6.45, 7) is 3.15. The van der Waals surface area contributed by atoms with Crippen molar-refractivity contribution in [2.45, 2.75) is 30.0 Å². The highest BCUT2D eigenvalue weighted by Gasteiger charge is 2.34. The van der Waals surface area contributed by atoms with Gasteiger partial charge in [0.05, 0.1) is 4.90 Å². The molecule has 1 atom stereocenters. The molecule has 0 aliphatic rings. The number of rotatable bonds is 3. The van der Waals surface area contributed by atoms with Crippen molar-refractivity contribution in [2.75, 3.05) is 0 Å². The van der Waals surface area contributed by atoms with Crippen molar-refractivity contribution in [1.29, 1.82) is 0 Å². The lowest BCUT2D eigenvalue weighted by Gasteiger charge is -2.22. The van der Waals surface area contributed by atoms with Crippen molar-refractivity contribution in [1.82, 2.24) is 0 Å². The molecule has 0 radical (unpaired) electrons. The molecule has 3 nitrogen and oxygen atoms in total. The van der Waals surface area contributed by atoms with Gasteiger partial charge in [0.1, 0.15) is 10.7 Å². The maximum absolute atomic E-state index is 12.6. The van der Waals surface area contributed by atoms with Crippen LogP contribution < -0.4 is 5.73 Å². The predicted octanol–water partition coefficient (Wildman–Crippen LogP) is 1.68. The van der Waals surface area contributed by atoms with E-state index in [1.165, 1.54) is 19.1 Å². The van der Waals surface area contributed by atoms with Crippen LogP contribution in [0.2, 0.25) is 0 Å². The fraction of sp³-hybridized carbons (Fsp3) is 0.400. The van der Waals surface area contributed by atoms with Crippen LogP contribution in [0.25, 0.3) is 0 Å². The van der Waals surface area contributed by atoms with Gasteiger partial charge in [0.2, 0.25) is 0 Å². The first-order chi connectivity index (χ1) is 6.81. The number of hydrogen-bond donors (Lipinski definition) is 1. The summed E-state index contributed by atoms with van der Waals surface area (Å²) >= 11 is 0. The third-order valence-corrected chi connectivity index (χ3v) is 4.85. The van der Waals surface area contributed by atoms with Gasteiger partial charge in [-0.15, -0.1) is 0 Å². The second kappa shape index (κ2) is 3.90. The van der Waals surface area contributed by atoms with Crippen molar-refractivity contribution in [3.05, 3.63) is 30.1 Å². The number of halogens is 1. The monoisotopic (exact) mass is 231 g/mol. The SMILES string of the molecule is CCC(C)(N)S(=O)(=O)c1ccc(F)cc1. The molecule has 0 saturated carbocycles. The molecule has 0 fully saturated rings. The summed E-state index contributed by atoms with van der Waals surface area (Å²) in [5.74, 6) is -0.468. The van der Waals surface area contributed by atoms with Gasteiger partial charge in [0.25, 0.3) is 0 Å². The minimum atomic E-state index is -3.59. The molecule has 15 heavy (non-hydrogen) atoms. The van der Waals surface area contributed by atoms with Gasteiger partial charge in [0.15, 0.2) is 9.84 Å². The number of nitrogens with two attached hydrogens (primary N) is 1. The number of hydrogen-bond acceptors (Lipinski definition) is 3. The van der Waals surface area contributed by atoms with E-state index >= 15 is 0 Å². The van der Waals surface area contributed by atoms with Gasteiger partial charge in [-0.3, -0.25) is 0 Å². The average molecular weight is 231 g/mol. The minimum Gasteiger partial charge on any atom is -0.313 e. The van der Waals surface area contributed by atoms with Crippen molar-refractivity contribution in [3.63, 3.8) is 0 Å². The molecule has 1 aromatic carbocycles. The van der Waals surface area contributed by atoms with Crippen LogP contribution in [0.5, 0.6) is 0 Å². The Morgan fingerprint density at radius 3 is 2.20 bits per heavy atom. The molecule has 0 aliphatic carbocycles. The first-order valence-electron chi connectivity index (χ1n) is 4.60. The maximum Gasteiger partial charge on any atom is 0.196 e. The zero-order valence-electron chi connectivity index (χ0n) is 8.70. The third kappa shape index (κ3) is 2.18. The van der Waals surface area contributed by atoms with Gasteiger partial charge in [0, 0.05) is 0 Å². The number of sulfone groups is 1. The first kappa shape index (κ1) is 12.1. The van der Waals surface area contributed by atoms with Crippen LogP contribution in [0.4, 0.5) is 4.39 Å². The highest BCUT2D eigenvalue weighted by Crippen LogP contribution is 2.23. The van der Waals surface area contributed by atoms with E-state index in [1.807, 2.05) is 0 Å². The van der Waals surface area contributed by atoms with E-state index < -0.39 is 20.5 Å². The Balaban J connectivity index is 3.24. The summed E-state index contributed by atoms with van der Waals surface area (Å²) in [7, 11) is -3.59. The molecule has 0 amide bonds. The molecule has 1 rings (SSSR count). The normalized spacial score (nSPS) is 16.0. The summed E-state index contributed by atoms with van der Waals surface area (Å²) in [6.07, 6.45) is 0.298. The zero-order chi connectivity index (χ0) is 11.7. The molecule has 2 N–H and O–H groups in total. The molecular weight excluding hydrogens is 217 g/mol. The molecule has 0 aliphatic heterocycles. The van der Waals surface area contributed by atoms with E-state index in [4.69, 9.17) is 5.73 Å². The van der Waals surface area contributed by atoms with Gasteiger partial charge >= 0.3 is 0 Å². The van der Waals surface area contributed by atoms with Gasteiger partial charge in [-0.25, -0.2) is 12.8 Å². The lowest BCUT2D eigenvalue weighted by atomic mass is 10.3. The Hall–Kier alpha value is -0.940. The van der Waals surface area contributed by atoms with Crippen LogP contribution in [0.1, 0.15) is 20.3 Å². The van der Waals surface area contributed by atoms with Crippen LogP contribution in [0, 0.1) is 5.82 Å². The van der Waals surface area contributed by atoms with Crippen LogP contribution in [0.3, 0.4) is 0 Å². The van der Waals surface area contributed by atoms with E-state index in [2.05, 4.69) is 0 Å². The fourth-order valence-electron chi connectivity index (χ4n) is 1.07. The minimum absolute atomic E-state index is 0.0516. The van der Waals surface area contributed by atoms with Gasteiger partial charge in [-0.05, 0) is 37.6 Å². The first-order valence-corrected chi connectivity index (χ1v) is 6.08. The summed E-state index contributed by atoms with van der Waals surface area (Å²) in [4.78, 5) is -1.26. The van der Waals surface area contributed by atoms with Crippen LogP contribution in [-0.4, -0.2) is 13.3 Å². The Morgan fingerprint density at radius 1 is 1.33 bits per heavy atom. The van der Waals surface area contributed by atoms with Crippen molar-refractivity contribution in [2.24, 2.45) is 5.73 Å². The second-order valence-corrected chi connectivity index (χ2v) is 6.03. The third-order valence-electron chi connectivity index (χ3n) is 2.44. The molecular formula is C10H14FNO2S. The summed E-state index contributed by atoms with van der Waals surface area (Å²) in [5, 5.41) is 0. The topological polar surface area (TPSA) is 60.2 Å². The van der Waals surface area contributed by atoms with Crippen molar-refractivity contribution < 1.29 is 12.8 Å². The van der Waals surface area contributed by atoms with E-state index in [0.717, 1.165) is 12.1 Å².